The molecular formula is C19H19FN4O2. The lowest BCUT2D eigenvalue weighted by Crippen LogP contribution is -2.30. The fourth-order valence-electron chi connectivity index (χ4n) is 2.68. The van der Waals surface area contributed by atoms with Crippen LogP contribution in [0.25, 0.3) is 5.65 Å². The van der Waals surface area contributed by atoms with Crippen LogP contribution in [0, 0.1) is 12.7 Å². The van der Waals surface area contributed by atoms with Gasteiger partial charge >= 0.3 is 0 Å². The van der Waals surface area contributed by atoms with Crippen LogP contribution in [0.2, 0.25) is 0 Å². The average molecular weight is 354 g/mol. The van der Waals surface area contributed by atoms with Crippen molar-refractivity contribution < 1.29 is 9.18 Å². The molecule has 3 aromatic rings. The van der Waals surface area contributed by atoms with Crippen molar-refractivity contribution in [3.05, 3.63) is 76.1 Å². The van der Waals surface area contributed by atoms with Gasteiger partial charge in [-0.3, -0.25) is 18.9 Å². The maximum absolute atomic E-state index is 13.2. The van der Waals surface area contributed by atoms with E-state index in [-0.39, 0.29) is 18.0 Å². The van der Waals surface area contributed by atoms with Crippen LogP contribution in [-0.2, 0) is 11.3 Å². The van der Waals surface area contributed by atoms with Gasteiger partial charge < -0.3 is 5.32 Å². The third-order valence-corrected chi connectivity index (χ3v) is 3.81. The van der Waals surface area contributed by atoms with Gasteiger partial charge in [0.05, 0.1) is 12.2 Å². The molecule has 3 rings (SSSR count). The van der Waals surface area contributed by atoms with E-state index in [1.54, 1.807) is 30.3 Å². The molecule has 0 aliphatic heterocycles. The number of hydrogen-bond acceptors (Lipinski definition) is 4. The Kier molecular flexibility index (Phi) is 5.09. The normalized spacial score (nSPS) is 11.1. The Bertz CT molecular complexity index is 1020. The first-order chi connectivity index (χ1) is 12.4. The zero-order chi connectivity index (χ0) is 18.7. The van der Waals surface area contributed by atoms with E-state index < -0.39 is 5.82 Å². The van der Waals surface area contributed by atoms with Crippen LogP contribution in [0.5, 0.6) is 0 Å². The number of halogens is 1. The monoisotopic (exact) mass is 354 g/mol. The van der Waals surface area contributed by atoms with Gasteiger partial charge in [0.1, 0.15) is 11.5 Å². The zero-order valence-corrected chi connectivity index (χ0v) is 14.6. The molecule has 1 aromatic carbocycles. The van der Waals surface area contributed by atoms with Crippen LogP contribution < -0.4 is 10.9 Å². The van der Waals surface area contributed by atoms with Gasteiger partial charge in [-0.15, -0.1) is 0 Å². The summed E-state index contributed by atoms with van der Waals surface area (Å²) in [6, 6.07) is 10.9. The number of aryl methyl sites for hydroxylation is 1. The van der Waals surface area contributed by atoms with Crippen LogP contribution in [0.3, 0.4) is 0 Å². The summed E-state index contributed by atoms with van der Waals surface area (Å²) in [5, 5.41) is 2.64. The van der Waals surface area contributed by atoms with Gasteiger partial charge in [-0.1, -0.05) is 12.1 Å². The third kappa shape index (κ3) is 4.31. The van der Waals surface area contributed by atoms with Crippen molar-refractivity contribution in [3.63, 3.8) is 0 Å². The summed E-state index contributed by atoms with van der Waals surface area (Å²) in [7, 11) is 1.75. The predicted molar refractivity (Wildman–Crippen MR) is 97.6 cm³/mol. The number of likely N-dealkylation sites (N-methyl/N-ethyl adjacent to an activating group) is 1. The number of rotatable bonds is 5. The molecule has 2 heterocycles. The molecule has 1 amide bonds. The first-order valence-electron chi connectivity index (χ1n) is 8.13. The number of fused-ring (bicyclic) bond motifs is 1. The number of pyridine rings is 1. The Balaban J connectivity index is 1.67. The second-order valence-corrected chi connectivity index (χ2v) is 6.25. The van der Waals surface area contributed by atoms with Crippen LogP contribution >= 0.6 is 0 Å². The molecule has 0 saturated heterocycles. The summed E-state index contributed by atoms with van der Waals surface area (Å²) >= 11 is 0. The molecule has 0 spiro atoms. The molecule has 0 atom stereocenters. The number of nitrogens with zero attached hydrogens (tertiary/aromatic N) is 3. The Labute approximate surface area is 149 Å². The van der Waals surface area contributed by atoms with Crippen LogP contribution in [0.4, 0.5) is 10.1 Å². The maximum atomic E-state index is 13.2. The molecule has 0 aliphatic rings. The van der Waals surface area contributed by atoms with E-state index in [0.717, 1.165) is 5.56 Å². The number of benzene rings is 1. The van der Waals surface area contributed by atoms with Crippen molar-refractivity contribution in [1.82, 2.24) is 14.3 Å². The summed E-state index contributed by atoms with van der Waals surface area (Å²) in [5.41, 5.74) is 2.36. The van der Waals surface area contributed by atoms with E-state index in [1.807, 2.05) is 13.0 Å². The molecule has 0 bridgehead atoms. The summed E-state index contributed by atoms with van der Waals surface area (Å²) in [6.07, 6.45) is 1.74. The van der Waals surface area contributed by atoms with Crippen molar-refractivity contribution in [1.29, 1.82) is 0 Å². The highest BCUT2D eigenvalue weighted by molar-refractivity contribution is 5.92. The second kappa shape index (κ2) is 7.45. The minimum atomic E-state index is -0.410. The quantitative estimate of drug-likeness (QED) is 0.763. The minimum absolute atomic E-state index is 0.0888. The lowest BCUT2D eigenvalue weighted by molar-refractivity contribution is -0.117. The Morgan fingerprint density at radius 3 is 2.85 bits per heavy atom. The van der Waals surface area contributed by atoms with Gasteiger partial charge in [0, 0.05) is 24.5 Å². The largest absolute Gasteiger partial charge is 0.325 e. The SMILES string of the molecule is Cc1ccc2nc(CN(C)CC(=O)Nc3cccc(F)c3)cc(=O)n2c1. The van der Waals surface area contributed by atoms with Gasteiger partial charge in [0.2, 0.25) is 5.91 Å². The molecule has 7 heteroatoms. The van der Waals surface area contributed by atoms with Crippen LogP contribution in [0.1, 0.15) is 11.3 Å². The number of hydrogen-bond donors (Lipinski definition) is 1. The van der Waals surface area contributed by atoms with Gasteiger partial charge in [0.15, 0.2) is 0 Å². The van der Waals surface area contributed by atoms with Crippen molar-refractivity contribution >= 4 is 17.2 Å². The van der Waals surface area contributed by atoms with E-state index in [9.17, 15) is 14.0 Å². The molecule has 6 nitrogen and oxygen atoms in total. The highest BCUT2D eigenvalue weighted by atomic mass is 19.1. The summed E-state index contributed by atoms with van der Waals surface area (Å²) in [4.78, 5) is 30.5. The maximum Gasteiger partial charge on any atom is 0.258 e. The molecule has 0 radical (unpaired) electrons. The van der Waals surface area contributed by atoms with Crippen LogP contribution in [0.15, 0.2) is 53.5 Å². The molecule has 2 aromatic heterocycles. The highest BCUT2D eigenvalue weighted by Crippen LogP contribution is 2.09. The first-order valence-corrected chi connectivity index (χ1v) is 8.13. The van der Waals surface area contributed by atoms with E-state index >= 15 is 0 Å². The summed E-state index contributed by atoms with van der Waals surface area (Å²) in [5.74, 6) is -0.682. The summed E-state index contributed by atoms with van der Waals surface area (Å²) in [6.45, 7) is 2.34. The Hall–Kier alpha value is -3.06. The minimum Gasteiger partial charge on any atom is -0.325 e. The van der Waals surface area contributed by atoms with E-state index in [4.69, 9.17) is 0 Å². The number of anilines is 1. The molecule has 1 N–H and O–H groups in total. The standard InChI is InChI=1S/C19H19FN4O2/c1-13-6-7-17-21-16(9-19(26)24(17)10-13)11-23(2)12-18(25)22-15-5-3-4-14(20)8-15/h3-10H,11-12H2,1-2H3,(H,22,25). The predicted octanol–water partition coefficient (Wildman–Crippen LogP) is 2.21. The fourth-order valence-corrected chi connectivity index (χ4v) is 2.68. The topological polar surface area (TPSA) is 66.7 Å². The lowest BCUT2D eigenvalue weighted by Gasteiger charge is -2.16. The number of aromatic nitrogens is 2. The molecule has 0 fully saturated rings. The molecule has 0 saturated carbocycles. The van der Waals surface area contributed by atoms with E-state index in [1.165, 1.54) is 28.7 Å². The molecule has 0 unspecified atom stereocenters. The van der Waals surface area contributed by atoms with Crippen molar-refractivity contribution in [2.75, 3.05) is 18.9 Å². The molecular weight excluding hydrogens is 335 g/mol. The lowest BCUT2D eigenvalue weighted by atomic mass is 10.3. The number of carbonyl (C=O) groups excluding carboxylic acids is 1. The Morgan fingerprint density at radius 2 is 2.08 bits per heavy atom. The Morgan fingerprint density at radius 1 is 1.27 bits per heavy atom. The van der Waals surface area contributed by atoms with Gasteiger partial charge in [-0.2, -0.15) is 0 Å². The fraction of sp³-hybridized carbons (Fsp3) is 0.211. The smallest absolute Gasteiger partial charge is 0.258 e. The van der Waals surface area contributed by atoms with Crippen LogP contribution in [-0.4, -0.2) is 33.8 Å². The highest BCUT2D eigenvalue weighted by Gasteiger charge is 2.10. The van der Waals surface area contributed by atoms with Gasteiger partial charge in [0.25, 0.3) is 5.56 Å². The number of nitrogens with one attached hydrogen (secondary N) is 1. The number of carbonyl (C=O) groups is 1. The zero-order valence-electron chi connectivity index (χ0n) is 14.6. The molecule has 134 valence electrons. The van der Waals surface area contributed by atoms with Gasteiger partial charge in [-0.05, 0) is 43.8 Å². The van der Waals surface area contributed by atoms with E-state index in [2.05, 4.69) is 10.3 Å². The van der Waals surface area contributed by atoms with Crippen molar-refractivity contribution in [2.45, 2.75) is 13.5 Å². The van der Waals surface area contributed by atoms with Crippen molar-refractivity contribution in [3.8, 4) is 0 Å². The average Bonchev–Trinajstić information content (AvgIpc) is 2.55. The summed E-state index contributed by atoms with van der Waals surface area (Å²) < 4.78 is 14.7. The third-order valence-electron chi connectivity index (χ3n) is 3.81. The number of amides is 1. The molecule has 26 heavy (non-hydrogen) atoms. The van der Waals surface area contributed by atoms with Crippen molar-refractivity contribution in [2.24, 2.45) is 0 Å². The first kappa shape index (κ1) is 17.8. The molecule has 0 aliphatic carbocycles. The van der Waals surface area contributed by atoms with E-state index in [0.29, 0.717) is 23.6 Å². The van der Waals surface area contributed by atoms with Gasteiger partial charge in [-0.25, -0.2) is 9.37 Å². The second-order valence-electron chi connectivity index (χ2n) is 6.25.